The summed E-state index contributed by atoms with van der Waals surface area (Å²) in [7, 11) is -3.79. The van der Waals surface area contributed by atoms with Crippen molar-refractivity contribution in [1.29, 1.82) is 0 Å². The molecule has 1 unspecified atom stereocenters. The van der Waals surface area contributed by atoms with E-state index < -0.39 is 21.9 Å². The second-order valence-electron chi connectivity index (χ2n) is 3.85. The van der Waals surface area contributed by atoms with Crippen molar-refractivity contribution in [1.82, 2.24) is 4.72 Å². The maximum Gasteiger partial charge on any atom is 0.240 e. The van der Waals surface area contributed by atoms with E-state index >= 15 is 0 Å². The van der Waals surface area contributed by atoms with Gasteiger partial charge in [0.25, 0.3) is 0 Å². The first-order valence-electron chi connectivity index (χ1n) is 4.96. The van der Waals surface area contributed by atoms with Crippen LogP contribution in [0.15, 0.2) is 17.0 Å². The zero-order chi connectivity index (χ0) is 13.2. The summed E-state index contributed by atoms with van der Waals surface area (Å²) in [5, 5.41) is 8.79. The normalized spacial score (nSPS) is 13.6. The molecule has 1 aromatic rings. The monoisotopic (exact) mass is 262 g/mol. The van der Waals surface area contributed by atoms with Crippen LogP contribution in [0.3, 0.4) is 0 Å². The van der Waals surface area contributed by atoms with Crippen molar-refractivity contribution in [2.45, 2.75) is 24.8 Å². The fourth-order valence-electron chi connectivity index (χ4n) is 1.29. The quantitative estimate of drug-likeness (QED) is 0.684. The Bertz CT molecular complexity index is 493. The van der Waals surface area contributed by atoms with E-state index in [1.54, 1.807) is 0 Å². The number of nitrogens with two attached hydrogens (primary N) is 1. The van der Waals surface area contributed by atoms with Crippen LogP contribution in [0.4, 0.5) is 10.1 Å². The SMILES string of the molecule is Cc1cc(S(=O)(=O)NC(C)CO)cc(N)c1F. The summed E-state index contributed by atoms with van der Waals surface area (Å²) in [6.07, 6.45) is 0. The number of aliphatic hydroxyl groups is 1. The Kier molecular flexibility index (Phi) is 4.07. The topological polar surface area (TPSA) is 92.4 Å². The Hall–Kier alpha value is -1.18. The maximum atomic E-state index is 13.2. The summed E-state index contributed by atoms with van der Waals surface area (Å²) in [5.74, 6) is -0.626. The third kappa shape index (κ3) is 3.15. The van der Waals surface area contributed by atoms with Crippen molar-refractivity contribution in [2.75, 3.05) is 12.3 Å². The minimum Gasteiger partial charge on any atom is -0.396 e. The maximum absolute atomic E-state index is 13.2. The third-order valence-corrected chi connectivity index (χ3v) is 3.77. The molecule has 0 aliphatic heterocycles. The van der Waals surface area contributed by atoms with E-state index in [1.807, 2.05) is 0 Å². The number of hydrogen-bond donors (Lipinski definition) is 3. The van der Waals surface area contributed by atoms with Crippen LogP contribution in [-0.4, -0.2) is 26.2 Å². The van der Waals surface area contributed by atoms with Gasteiger partial charge in [-0.05, 0) is 31.5 Å². The van der Waals surface area contributed by atoms with E-state index in [-0.39, 0.29) is 22.8 Å². The first-order valence-corrected chi connectivity index (χ1v) is 6.45. The lowest BCUT2D eigenvalue weighted by Crippen LogP contribution is -2.35. The van der Waals surface area contributed by atoms with Gasteiger partial charge in [-0.1, -0.05) is 0 Å². The second-order valence-corrected chi connectivity index (χ2v) is 5.56. The average molecular weight is 262 g/mol. The Morgan fingerprint density at radius 3 is 2.59 bits per heavy atom. The molecule has 0 aromatic heterocycles. The summed E-state index contributed by atoms with van der Waals surface area (Å²) in [6, 6.07) is 1.62. The minimum atomic E-state index is -3.79. The number of nitrogen functional groups attached to an aromatic ring is 1. The molecule has 7 heteroatoms. The summed E-state index contributed by atoms with van der Waals surface area (Å²) in [5.41, 5.74) is 5.30. The average Bonchev–Trinajstić information content (AvgIpc) is 2.24. The summed E-state index contributed by atoms with van der Waals surface area (Å²) in [4.78, 5) is -0.116. The molecule has 0 amide bonds. The van der Waals surface area contributed by atoms with Crippen LogP contribution in [-0.2, 0) is 10.0 Å². The summed E-state index contributed by atoms with van der Waals surface area (Å²) >= 11 is 0. The predicted molar refractivity (Wildman–Crippen MR) is 62.4 cm³/mol. The highest BCUT2D eigenvalue weighted by Gasteiger charge is 2.19. The van der Waals surface area contributed by atoms with Gasteiger partial charge in [0.1, 0.15) is 5.82 Å². The molecule has 1 atom stereocenters. The number of hydrogen-bond acceptors (Lipinski definition) is 4. The number of sulfonamides is 1. The lowest BCUT2D eigenvalue weighted by molar-refractivity contribution is 0.265. The van der Waals surface area contributed by atoms with Crippen molar-refractivity contribution in [3.05, 3.63) is 23.5 Å². The van der Waals surface area contributed by atoms with E-state index in [9.17, 15) is 12.8 Å². The van der Waals surface area contributed by atoms with Gasteiger partial charge in [0, 0.05) is 6.04 Å². The van der Waals surface area contributed by atoms with Crippen molar-refractivity contribution in [3.8, 4) is 0 Å². The van der Waals surface area contributed by atoms with Gasteiger partial charge in [-0.25, -0.2) is 17.5 Å². The van der Waals surface area contributed by atoms with Crippen LogP contribution in [0, 0.1) is 12.7 Å². The summed E-state index contributed by atoms with van der Waals surface area (Å²) in [6.45, 7) is 2.62. The van der Waals surface area contributed by atoms with Crippen molar-refractivity contribution >= 4 is 15.7 Å². The Morgan fingerprint density at radius 2 is 2.12 bits per heavy atom. The number of aryl methyl sites for hydroxylation is 1. The molecule has 1 aromatic carbocycles. The summed E-state index contributed by atoms with van der Waals surface area (Å²) < 4.78 is 39.1. The first-order chi connectivity index (χ1) is 7.77. The van der Waals surface area contributed by atoms with E-state index in [0.29, 0.717) is 0 Å². The van der Waals surface area contributed by atoms with Gasteiger partial charge in [-0.2, -0.15) is 0 Å². The van der Waals surface area contributed by atoms with Crippen LogP contribution in [0.25, 0.3) is 0 Å². The van der Waals surface area contributed by atoms with E-state index in [2.05, 4.69) is 4.72 Å². The molecule has 0 saturated carbocycles. The van der Waals surface area contributed by atoms with Gasteiger partial charge >= 0.3 is 0 Å². The van der Waals surface area contributed by atoms with E-state index in [4.69, 9.17) is 10.8 Å². The van der Waals surface area contributed by atoms with Gasteiger partial charge in [0.2, 0.25) is 10.0 Å². The highest BCUT2D eigenvalue weighted by Crippen LogP contribution is 2.20. The molecule has 4 N–H and O–H groups in total. The molecular weight excluding hydrogens is 247 g/mol. The predicted octanol–water partition coefficient (Wildman–Crippen LogP) is 0.375. The molecule has 0 radical (unpaired) electrons. The van der Waals surface area contributed by atoms with Crippen LogP contribution >= 0.6 is 0 Å². The largest absolute Gasteiger partial charge is 0.396 e. The van der Waals surface area contributed by atoms with Gasteiger partial charge in [0.05, 0.1) is 17.2 Å². The van der Waals surface area contributed by atoms with Crippen molar-refractivity contribution in [3.63, 3.8) is 0 Å². The standard InChI is InChI=1S/C10H15FN2O3S/c1-6-3-8(4-9(12)10(6)11)17(15,16)13-7(2)5-14/h3-4,7,13-14H,5,12H2,1-2H3. The molecule has 17 heavy (non-hydrogen) atoms. The molecule has 0 heterocycles. The molecule has 5 nitrogen and oxygen atoms in total. The zero-order valence-corrected chi connectivity index (χ0v) is 10.4. The number of aliphatic hydroxyl groups excluding tert-OH is 1. The van der Waals surface area contributed by atoms with Gasteiger partial charge < -0.3 is 10.8 Å². The van der Waals surface area contributed by atoms with Gasteiger partial charge in [0.15, 0.2) is 0 Å². The molecular formula is C10H15FN2O3S. The van der Waals surface area contributed by atoms with Crippen LogP contribution in [0.1, 0.15) is 12.5 Å². The fourth-order valence-corrected chi connectivity index (χ4v) is 2.64. The van der Waals surface area contributed by atoms with Crippen LogP contribution < -0.4 is 10.5 Å². The van der Waals surface area contributed by atoms with Crippen molar-refractivity contribution in [2.24, 2.45) is 0 Å². The molecule has 0 bridgehead atoms. The van der Waals surface area contributed by atoms with E-state index in [0.717, 1.165) is 6.07 Å². The zero-order valence-electron chi connectivity index (χ0n) is 9.57. The first kappa shape index (κ1) is 13.9. The lowest BCUT2D eigenvalue weighted by Gasteiger charge is -2.12. The smallest absolute Gasteiger partial charge is 0.240 e. The Balaban J connectivity index is 3.16. The van der Waals surface area contributed by atoms with Crippen molar-refractivity contribution < 1.29 is 17.9 Å². The lowest BCUT2D eigenvalue weighted by atomic mass is 10.2. The second kappa shape index (κ2) is 4.99. The van der Waals surface area contributed by atoms with Gasteiger partial charge in [-0.3, -0.25) is 0 Å². The third-order valence-electron chi connectivity index (χ3n) is 2.20. The molecule has 1 rings (SSSR count). The van der Waals surface area contributed by atoms with Gasteiger partial charge in [-0.15, -0.1) is 0 Å². The number of halogens is 1. The van der Waals surface area contributed by atoms with Crippen LogP contribution in [0.5, 0.6) is 0 Å². The van der Waals surface area contributed by atoms with E-state index in [1.165, 1.54) is 19.9 Å². The molecule has 96 valence electrons. The highest BCUT2D eigenvalue weighted by atomic mass is 32.2. The molecule has 0 saturated heterocycles. The minimum absolute atomic E-state index is 0.116. The molecule has 0 fully saturated rings. The number of anilines is 1. The number of rotatable bonds is 4. The van der Waals surface area contributed by atoms with Crippen LogP contribution in [0.2, 0.25) is 0 Å². The molecule has 0 aliphatic carbocycles. The molecule has 0 aliphatic rings. The fraction of sp³-hybridized carbons (Fsp3) is 0.400. The number of benzene rings is 1. The Labute approximate surface area is 99.5 Å². The Morgan fingerprint density at radius 1 is 1.53 bits per heavy atom. The number of nitrogens with one attached hydrogen (secondary N) is 1. The molecule has 0 spiro atoms. The highest BCUT2D eigenvalue weighted by molar-refractivity contribution is 7.89.